The lowest BCUT2D eigenvalue weighted by Crippen LogP contribution is -2.20. The zero-order chi connectivity index (χ0) is 25.4. The number of fused-ring (bicyclic) bond motifs is 2. The molecule has 0 radical (unpaired) electrons. The fraction of sp³-hybridized carbons (Fsp3) is 0.500. The number of hydrogen-bond acceptors (Lipinski definition) is 8. The lowest BCUT2D eigenvalue weighted by molar-refractivity contribution is -0.0373. The van der Waals surface area contributed by atoms with Crippen LogP contribution >= 0.6 is 80.0 Å². The van der Waals surface area contributed by atoms with Crippen molar-refractivity contribution in [3.8, 4) is 0 Å². The van der Waals surface area contributed by atoms with Crippen LogP contribution in [-0.2, 0) is 9.47 Å². The third-order valence-corrected chi connectivity index (χ3v) is 7.92. The van der Waals surface area contributed by atoms with Crippen molar-refractivity contribution in [3.05, 3.63) is 33.5 Å². The first kappa shape index (κ1) is 26.7. The van der Waals surface area contributed by atoms with Gasteiger partial charge in [-0.1, -0.05) is 11.6 Å². The van der Waals surface area contributed by atoms with Crippen molar-refractivity contribution in [1.29, 1.82) is 0 Å². The fourth-order valence-electron chi connectivity index (χ4n) is 4.15. The summed E-state index contributed by atoms with van der Waals surface area (Å²) < 4.78 is 16.2. The number of ether oxygens (including phenoxy) is 2. The zero-order valence-electron chi connectivity index (χ0n) is 18.6. The van der Waals surface area contributed by atoms with Gasteiger partial charge in [-0.25, -0.2) is 14.3 Å². The van der Waals surface area contributed by atoms with Gasteiger partial charge in [0.15, 0.2) is 23.8 Å². The first-order chi connectivity index (χ1) is 17.3. The summed E-state index contributed by atoms with van der Waals surface area (Å²) in [5.41, 5.74) is 0.854. The number of hydrogen-bond donors (Lipinski definition) is 1. The third-order valence-electron chi connectivity index (χ3n) is 5.78. The van der Waals surface area contributed by atoms with Gasteiger partial charge in [0, 0.05) is 13.2 Å². The van der Waals surface area contributed by atoms with Gasteiger partial charge in [-0.15, -0.1) is 0 Å². The van der Waals surface area contributed by atoms with Gasteiger partial charge in [0.25, 0.3) is 5.56 Å². The summed E-state index contributed by atoms with van der Waals surface area (Å²) in [5, 5.41) is 10.5. The average Bonchev–Trinajstić information content (AvgIpc) is 3.37. The van der Waals surface area contributed by atoms with Crippen LogP contribution in [0.1, 0.15) is 51.0 Å². The van der Waals surface area contributed by atoms with Gasteiger partial charge in [-0.05, 0) is 107 Å². The quantitative estimate of drug-likeness (QED) is 0.161. The molecule has 2 aliphatic rings. The van der Waals surface area contributed by atoms with Gasteiger partial charge in [-0.2, -0.15) is 20.2 Å². The molecule has 0 spiro atoms. The molecule has 2 atom stereocenters. The van der Waals surface area contributed by atoms with Crippen LogP contribution in [0, 0.1) is 7.40 Å². The molecule has 2 fully saturated rings. The molecule has 2 saturated heterocycles. The summed E-state index contributed by atoms with van der Waals surface area (Å²) in [7, 11) is 0. The molecule has 16 heteroatoms. The van der Waals surface area contributed by atoms with E-state index in [0.29, 0.717) is 32.1 Å². The van der Waals surface area contributed by atoms with Crippen molar-refractivity contribution in [2.45, 2.75) is 51.0 Å². The molecule has 0 amide bonds. The Bertz CT molecular complexity index is 1460. The molecule has 0 aromatic carbocycles. The van der Waals surface area contributed by atoms with E-state index in [-0.39, 0.29) is 28.6 Å². The highest BCUT2D eigenvalue weighted by Crippen LogP contribution is 2.31. The SMILES string of the molecule is Clc1nc(Cl)c2c(I)nn(C3CCCCO3)c2n1.O=c1[nH]c(Cl)nc2c1c(I)nn2C1CCCCO1. The third kappa shape index (κ3) is 5.47. The molecule has 6 heterocycles. The van der Waals surface area contributed by atoms with Gasteiger partial charge >= 0.3 is 0 Å². The second-order valence-corrected chi connectivity index (χ2v) is 11.2. The summed E-state index contributed by atoms with van der Waals surface area (Å²) in [4.78, 5) is 26.6. The molecule has 2 aliphatic heterocycles. The number of nitrogens with zero attached hydrogens (tertiary/aromatic N) is 7. The second kappa shape index (κ2) is 11.5. The van der Waals surface area contributed by atoms with Gasteiger partial charge in [0.2, 0.25) is 10.6 Å². The minimum atomic E-state index is -0.267. The van der Waals surface area contributed by atoms with Crippen LogP contribution in [0.15, 0.2) is 4.79 Å². The maximum atomic E-state index is 11.8. The molecule has 6 rings (SSSR count). The molecule has 1 N–H and O–H groups in total. The summed E-state index contributed by atoms with van der Waals surface area (Å²) in [6.45, 7) is 1.45. The Morgan fingerprint density at radius 3 is 1.92 bits per heavy atom. The fourth-order valence-corrected chi connectivity index (χ4v) is 6.38. The summed E-state index contributed by atoms with van der Waals surface area (Å²) in [5.74, 6) is 0. The van der Waals surface area contributed by atoms with Gasteiger partial charge in [0.1, 0.15) is 17.9 Å². The summed E-state index contributed by atoms with van der Waals surface area (Å²) in [6.07, 6.45) is 5.90. The van der Waals surface area contributed by atoms with Gasteiger partial charge in [-0.3, -0.25) is 9.78 Å². The topological polar surface area (TPSA) is 126 Å². The molecule has 2 unspecified atom stereocenters. The molecular formula is C20H19Cl3I2N8O3. The number of aromatic nitrogens is 8. The Morgan fingerprint density at radius 1 is 0.806 bits per heavy atom. The van der Waals surface area contributed by atoms with E-state index in [0.717, 1.165) is 54.2 Å². The highest BCUT2D eigenvalue weighted by atomic mass is 127. The van der Waals surface area contributed by atoms with E-state index in [1.54, 1.807) is 9.36 Å². The first-order valence-electron chi connectivity index (χ1n) is 11.2. The first-order valence-corrected chi connectivity index (χ1v) is 14.5. The molecule has 4 aromatic rings. The Kier molecular flexibility index (Phi) is 8.54. The number of rotatable bonds is 2. The van der Waals surface area contributed by atoms with E-state index in [1.807, 2.05) is 22.6 Å². The maximum absolute atomic E-state index is 11.8. The summed E-state index contributed by atoms with van der Waals surface area (Å²) >= 11 is 21.9. The lowest BCUT2D eigenvalue weighted by Gasteiger charge is -2.22. The van der Waals surface area contributed by atoms with Crippen molar-refractivity contribution in [2.24, 2.45) is 0 Å². The maximum Gasteiger partial charge on any atom is 0.264 e. The molecule has 11 nitrogen and oxygen atoms in total. The Labute approximate surface area is 246 Å². The van der Waals surface area contributed by atoms with Crippen LogP contribution in [-0.4, -0.2) is 52.7 Å². The molecule has 0 saturated carbocycles. The van der Waals surface area contributed by atoms with Gasteiger partial charge < -0.3 is 9.47 Å². The van der Waals surface area contributed by atoms with Crippen LogP contribution in [0.2, 0.25) is 15.7 Å². The number of aromatic amines is 1. The summed E-state index contributed by atoms with van der Waals surface area (Å²) in [6, 6.07) is 0. The van der Waals surface area contributed by atoms with E-state index in [4.69, 9.17) is 44.3 Å². The van der Waals surface area contributed by atoms with Crippen molar-refractivity contribution in [3.63, 3.8) is 0 Å². The highest BCUT2D eigenvalue weighted by molar-refractivity contribution is 14.1. The number of halogens is 5. The largest absolute Gasteiger partial charge is 0.356 e. The van der Waals surface area contributed by atoms with Crippen molar-refractivity contribution >= 4 is 102 Å². The molecule has 192 valence electrons. The monoisotopic (exact) mass is 778 g/mol. The Morgan fingerprint density at radius 2 is 1.36 bits per heavy atom. The average molecular weight is 780 g/mol. The minimum absolute atomic E-state index is 0.0702. The van der Waals surface area contributed by atoms with Crippen LogP contribution in [0.25, 0.3) is 22.1 Å². The van der Waals surface area contributed by atoms with Crippen molar-refractivity contribution < 1.29 is 9.47 Å². The van der Waals surface area contributed by atoms with E-state index in [9.17, 15) is 4.79 Å². The molecule has 0 aliphatic carbocycles. The number of nitrogens with one attached hydrogen (secondary N) is 1. The van der Waals surface area contributed by atoms with Crippen molar-refractivity contribution in [1.82, 2.24) is 39.5 Å². The lowest BCUT2D eigenvalue weighted by atomic mass is 10.2. The van der Waals surface area contributed by atoms with Crippen molar-refractivity contribution in [2.75, 3.05) is 13.2 Å². The Hall–Kier alpha value is -0.850. The number of H-pyrrole nitrogens is 1. The second-order valence-electron chi connectivity index (χ2n) is 8.15. The highest BCUT2D eigenvalue weighted by Gasteiger charge is 2.24. The predicted molar refractivity (Wildman–Crippen MR) is 152 cm³/mol. The normalized spacial score (nSPS) is 20.5. The standard InChI is InChI=1S/C10H9Cl2IN4O.C10H10ClIN4O2/c11-7-6-8(13)16-17(5-3-1-2-4-18-5)9(6)15-10(12)14-7;11-10-13-8-6(9(17)14-10)7(12)15-16(8)5-3-1-2-4-18-5/h5H,1-4H2;5H,1-4H2,(H,13,14,17). The zero-order valence-corrected chi connectivity index (χ0v) is 25.1. The Balaban J connectivity index is 0.000000148. The van der Waals surface area contributed by atoms with Crippen LogP contribution < -0.4 is 5.56 Å². The molecular weight excluding hydrogens is 760 g/mol. The van der Waals surface area contributed by atoms with E-state index >= 15 is 0 Å². The van der Waals surface area contributed by atoms with Crippen LogP contribution in [0.5, 0.6) is 0 Å². The molecule has 36 heavy (non-hydrogen) atoms. The molecule has 0 bridgehead atoms. The minimum Gasteiger partial charge on any atom is -0.356 e. The van der Waals surface area contributed by atoms with E-state index in [2.05, 4.69) is 52.7 Å². The van der Waals surface area contributed by atoms with Crippen LogP contribution in [0.3, 0.4) is 0 Å². The molecule has 4 aromatic heterocycles. The predicted octanol–water partition coefficient (Wildman–Crippen LogP) is 5.51. The van der Waals surface area contributed by atoms with Gasteiger partial charge in [0.05, 0.1) is 5.39 Å². The van der Waals surface area contributed by atoms with Crippen LogP contribution in [0.4, 0.5) is 0 Å². The van der Waals surface area contributed by atoms with E-state index in [1.165, 1.54) is 0 Å². The van der Waals surface area contributed by atoms with E-state index < -0.39 is 0 Å². The smallest absolute Gasteiger partial charge is 0.264 e.